The van der Waals surface area contributed by atoms with Crippen LogP contribution in [0, 0.1) is 11.8 Å². The second kappa shape index (κ2) is 7.48. The fourth-order valence-electron chi connectivity index (χ4n) is 2.03. The van der Waals surface area contributed by atoms with Crippen molar-refractivity contribution in [1.29, 1.82) is 0 Å². The number of carbonyl (C=O) groups excluding carboxylic acids is 1. The summed E-state index contributed by atoms with van der Waals surface area (Å²) in [6.07, 6.45) is 1.52. The predicted octanol–water partition coefficient (Wildman–Crippen LogP) is 3.53. The van der Waals surface area contributed by atoms with Gasteiger partial charge in [-0.15, -0.1) is 0 Å². The molecule has 1 heterocycles. The van der Waals surface area contributed by atoms with E-state index in [1.54, 1.807) is 13.1 Å². The van der Waals surface area contributed by atoms with Crippen molar-refractivity contribution < 1.29 is 4.79 Å². The maximum absolute atomic E-state index is 12.7. The second-order valence-corrected chi connectivity index (χ2v) is 6.20. The summed E-state index contributed by atoms with van der Waals surface area (Å²) in [7, 11) is 1.77. The van der Waals surface area contributed by atoms with Crippen LogP contribution >= 0.6 is 11.6 Å². The number of nitrogens with zero attached hydrogens (tertiary/aromatic N) is 2. The Morgan fingerprint density at radius 1 is 1.30 bits per heavy atom. The maximum atomic E-state index is 12.7. The van der Waals surface area contributed by atoms with Gasteiger partial charge in [-0.2, -0.15) is 0 Å². The number of pyridine rings is 1. The molecular formula is C15H24ClN3O. The Bertz CT molecular complexity index is 450. The molecule has 0 saturated carbocycles. The Morgan fingerprint density at radius 2 is 1.85 bits per heavy atom. The van der Waals surface area contributed by atoms with Gasteiger partial charge in [0, 0.05) is 26.3 Å². The van der Waals surface area contributed by atoms with Gasteiger partial charge in [0.05, 0.1) is 10.6 Å². The standard InChI is InChI=1S/C15H24ClN3O/c1-10(2)8-19(9-11(3)4)15(20)12-6-14(17-5)18-7-13(12)16/h6-7,10-11H,8-9H2,1-5H3,(H,17,18). The smallest absolute Gasteiger partial charge is 0.255 e. The van der Waals surface area contributed by atoms with Crippen molar-refractivity contribution in [1.82, 2.24) is 9.88 Å². The van der Waals surface area contributed by atoms with Gasteiger partial charge in [0.2, 0.25) is 0 Å². The Morgan fingerprint density at radius 3 is 2.30 bits per heavy atom. The Labute approximate surface area is 126 Å². The molecule has 0 saturated heterocycles. The van der Waals surface area contributed by atoms with Crippen LogP contribution in [0.5, 0.6) is 0 Å². The summed E-state index contributed by atoms with van der Waals surface area (Å²) < 4.78 is 0. The molecule has 1 aromatic rings. The molecule has 5 heteroatoms. The van der Waals surface area contributed by atoms with Crippen LogP contribution < -0.4 is 5.32 Å². The number of rotatable bonds is 6. The molecular weight excluding hydrogens is 274 g/mol. The van der Waals surface area contributed by atoms with Gasteiger partial charge in [0.1, 0.15) is 5.82 Å². The third kappa shape index (κ3) is 4.67. The largest absolute Gasteiger partial charge is 0.373 e. The molecule has 0 aliphatic heterocycles. The van der Waals surface area contributed by atoms with Crippen molar-refractivity contribution in [2.75, 3.05) is 25.5 Å². The summed E-state index contributed by atoms with van der Waals surface area (Å²) >= 11 is 6.13. The van der Waals surface area contributed by atoms with Gasteiger partial charge < -0.3 is 10.2 Å². The zero-order valence-electron chi connectivity index (χ0n) is 12.9. The molecule has 0 aromatic carbocycles. The van der Waals surface area contributed by atoms with Crippen molar-refractivity contribution in [2.24, 2.45) is 11.8 Å². The zero-order valence-corrected chi connectivity index (χ0v) is 13.7. The Balaban J connectivity index is 3.04. The van der Waals surface area contributed by atoms with E-state index in [4.69, 9.17) is 11.6 Å². The highest BCUT2D eigenvalue weighted by atomic mass is 35.5. The predicted molar refractivity (Wildman–Crippen MR) is 84.4 cm³/mol. The fourth-order valence-corrected chi connectivity index (χ4v) is 2.22. The number of anilines is 1. The van der Waals surface area contributed by atoms with E-state index in [9.17, 15) is 4.79 Å². The van der Waals surface area contributed by atoms with Crippen molar-refractivity contribution in [3.63, 3.8) is 0 Å². The number of aromatic nitrogens is 1. The van der Waals surface area contributed by atoms with E-state index in [-0.39, 0.29) is 5.91 Å². The lowest BCUT2D eigenvalue weighted by Gasteiger charge is -2.27. The van der Waals surface area contributed by atoms with Crippen molar-refractivity contribution in [3.8, 4) is 0 Å². The van der Waals surface area contributed by atoms with Gasteiger partial charge in [-0.1, -0.05) is 39.3 Å². The molecule has 0 fully saturated rings. The van der Waals surface area contributed by atoms with E-state index in [2.05, 4.69) is 38.0 Å². The van der Waals surface area contributed by atoms with Gasteiger partial charge in [0.25, 0.3) is 5.91 Å². The number of nitrogens with one attached hydrogen (secondary N) is 1. The summed E-state index contributed by atoms with van der Waals surface area (Å²) in [6, 6.07) is 1.71. The summed E-state index contributed by atoms with van der Waals surface area (Å²) in [5, 5.41) is 3.32. The number of amides is 1. The second-order valence-electron chi connectivity index (χ2n) is 5.80. The molecule has 1 aromatic heterocycles. The first kappa shape index (κ1) is 16.8. The molecule has 0 unspecified atom stereocenters. The molecule has 1 amide bonds. The van der Waals surface area contributed by atoms with Crippen LogP contribution in [0.3, 0.4) is 0 Å². The average Bonchev–Trinajstić information content (AvgIpc) is 2.36. The van der Waals surface area contributed by atoms with Gasteiger partial charge in [-0.05, 0) is 17.9 Å². The molecule has 0 aliphatic carbocycles. The van der Waals surface area contributed by atoms with Crippen LogP contribution in [-0.2, 0) is 0 Å². The van der Waals surface area contributed by atoms with Gasteiger partial charge in [0.15, 0.2) is 0 Å². The van der Waals surface area contributed by atoms with Crippen molar-refractivity contribution in [3.05, 3.63) is 22.8 Å². The topological polar surface area (TPSA) is 45.2 Å². The van der Waals surface area contributed by atoms with E-state index < -0.39 is 0 Å². The van der Waals surface area contributed by atoms with Crippen LogP contribution in [0.2, 0.25) is 5.02 Å². The fraction of sp³-hybridized carbons (Fsp3) is 0.600. The molecule has 112 valence electrons. The number of hydrogen-bond acceptors (Lipinski definition) is 3. The molecule has 1 rings (SSSR count). The molecule has 0 radical (unpaired) electrons. The third-order valence-corrected chi connectivity index (χ3v) is 3.10. The van der Waals surface area contributed by atoms with Crippen LogP contribution in [0.4, 0.5) is 5.82 Å². The zero-order chi connectivity index (χ0) is 15.3. The molecule has 1 N–H and O–H groups in total. The lowest BCUT2D eigenvalue weighted by molar-refractivity contribution is 0.0715. The van der Waals surface area contributed by atoms with Crippen molar-refractivity contribution in [2.45, 2.75) is 27.7 Å². The summed E-state index contributed by atoms with van der Waals surface area (Å²) in [5.41, 5.74) is 0.507. The maximum Gasteiger partial charge on any atom is 0.255 e. The first-order valence-corrected chi connectivity index (χ1v) is 7.35. The first-order valence-electron chi connectivity index (χ1n) is 6.97. The third-order valence-electron chi connectivity index (χ3n) is 2.80. The summed E-state index contributed by atoms with van der Waals surface area (Å²) in [4.78, 5) is 18.7. The molecule has 0 spiro atoms. The number of hydrogen-bond donors (Lipinski definition) is 1. The highest BCUT2D eigenvalue weighted by molar-refractivity contribution is 6.33. The molecule has 4 nitrogen and oxygen atoms in total. The van der Waals surface area contributed by atoms with Crippen molar-refractivity contribution >= 4 is 23.3 Å². The lowest BCUT2D eigenvalue weighted by atomic mass is 10.1. The molecule has 0 atom stereocenters. The first-order chi connectivity index (χ1) is 9.35. The minimum Gasteiger partial charge on any atom is -0.373 e. The highest BCUT2D eigenvalue weighted by Gasteiger charge is 2.21. The summed E-state index contributed by atoms with van der Waals surface area (Å²) in [6.45, 7) is 9.87. The Hall–Kier alpha value is -1.29. The SMILES string of the molecule is CNc1cc(C(=O)N(CC(C)C)CC(C)C)c(Cl)cn1. The van der Waals surface area contributed by atoms with Crippen LogP contribution in [-0.4, -0.2) is 35.9 Å². The molecule has 0 aliphatic rings. The van der Waals surface area contributed by atoms with E-state index in [1.807, 2.05) is 4.90 Å². The monoisotopic (exact) mass is 297 g/mol. The molecule has 20 heavy (non-hydrogen) atoms. The highest BCUT2D eigenvalue weighted by Crippen LogP contribution is 2.21. The van der Waals surface area contributed by atoms with E-state index in [0.29, 0.717) is 28.2 Å². The van der Waals surface area contributed by atoms with Gasteiger partial charge in [-0.25, -0.2) is 4.98 Å². The van der Waals surface area contributed by atoms with Gasteiger partial charge in [-0.3, -0.25) is 4.79 Å². The minimum absolute atomic E-state index is 0.0312. The van der Waals surface area contributed by atoms with Crippen LogP contribution in [0.15, 0.2) is 12.3 Å². The Kier molecular flexibility index (Phi) is 6.27. The quantitative estimate of drug-likeness (QED) is 0.873. The van der Waals surface area contributed by atoms with Gasteiger partial charge >= 0.3 is 0 Å². The lowest BCUT2D eigenvalue weighted by Crippen LogP contribution is -2.37. The van der Waals surface area contributed by atoms with E-state index >= 15 is 0 Å². The molecule has 0 bridgehead atoms. The van der Waals surface area contributed by atoms with Crippen LogP contribution in [0.1, 0.15) is 38.1 Å². The minimum atomic E-state index is -0.0312. The van der Waals surface area contributed by atoms with Crippen LogP contribution in [0.25, 0.3) is 0 Å². The average molecular weight is 298 g/mol. The normalized spacial score (nSPS) is 11.0. The summed E-state index contributed by atoms with van der Waals surface area (Å²) in [5.74, 6) is 1.45. The van der Waals surface area contributed by atoms with E-state index in [0.717, 1.165) is 13.1 Å². The number of carbonyl (C=O) groups is 1. The van der Waals surface area contributed by atoms with E-state index in [1.165, 1.54) is 6.20 Å². The number of halogens is 1.